The van der Waals surface area contributed by atoms with Gasteiger partial charge in [0.2, 0.25) is 0 Å². The summed E-state index contributed by atoms with van der Waals surface area (Å²) in [6.07, 6.45) is 3.49. The molecule has 0 aromatic carbocycles. The van der Waals surface area contributed by atoms with Crippen LogP contribution < -0.4 is 10.6 Å². The first-order chi connectivity index (χ1) is 7.54. The smallest absolute Gasteiger partial charge is 0.326 e. The number of carbonyl (C=O) groups is 2. The number of amides is 2. The van der Waals surface area contributed by atoms with Crippen molar-refractivity contribution < 1.29 is 14.7 Å². The summed E-state index contributed by atoms with van der Waals surface area (Å²) in [6, 6.07) is -1.02. The van der Waals surface area contributed by atoms with E-state index in [4.69, 9.17) is 5.11 Å². The Balaban J connectivity index is 2.32. The summed E-state index contributed by atoms with van der Waals surface area (Å²) in [4.78, 5) is 22.3. The van der Waals surface area contributed by atoms with E-state index in [1.54, 1.807) is 0 Å². The Kier molecular flexibility index (Phi) is 4.58. The van der Waals surface area contributed by atoms with Crippen molar-refractivity contribution in [3.8, 4) is 0 Å². The molecule has 2 amide bonds. The minimum Gasteiger partial charge on any atom is -0.480 e. The molecule has 1 saturated carbocycles. The van der Waals surface area contributed by atoms with E-state index < -0.39 is 12.0 Å². The molecule has 1 aliphatic rings. The highest BCUT2D eigenvalue weighted by Crippen LogP contribution is 2.32. The van der Waals surface area contributed by atoms with E-state index in [9.17, 15) is 9.59 Å². The largest absolute Gasteiger partial charge is 0.480 e. The van der Waals surface area contributed by atoms with Gasteiger partial charge in [0.05, 0.1) is 0 Å². The lowest BCUT2D eigenvalue weighted by molar-refractivity contribution is -0.139. The zero-order valence-electron chi connectivity index (χ0n) is 9.82. The average Bonchev–Trinajstić information content (AvgIpc) is 2.99. The van der Waals surface area contributed by atoms with Crippen LogP contribution in [0.5, 0.6) is 0 Å². The van der Waals surface area contributed by atoms with Crippen LogP contribution in [0.25, 0.3) is 0 Å². The van der Waals surface area contributed by atoms with Gasteiger partial charge >= 0.3 is 12.0 Å². The summed E-state index contributed by atoms with van der Waals surface area (Å²) in [5.41, 5.74) is 0. The van der Waals surface area contributed by atoms with Gasteiger partial charge in [-0.3, -0.25) is 0 Å². The predicted molar refractivity (Wildman–Crippen MR) is 60.2 cm³/mol. The second-order valence-corrected chi connectivity index (χ2v) is 4.42. The van der Waals surface area contributed by atoms with Crippen LogP contribution >= 0.6 is 0 Å². The standard InChI is InChI=1S/C11H20N2O3/c1-3-4-9(10(14)15)13-11(16)12-7(2)8-5-6-8/h7-9H,3-6H2,1-2H3,(H,14,15)(H2,12,13,16)/t7?,9-/m1/s1. The molecule has 1 rings (SSSR count). The fraction of sp³-hybridized carbons (Fsp3) is 0.818. The minimum absolute atomic E-state index is 0.135. The number of carboxylic acid groups (broad SMARTS) is 1. The van der Waals surface area contributed by atoms with E-state index in [0.29, 0.717) is 12.3 Å². The van der Waals surface area contributed by atoms with Crippen molar-refractivity contribution in [3.05, 3.63) is 0 Å². The third-order valence-corrected chi connectivity index (χ3v) is 2.87. The third kappa shape index (κ3) is 4.08. The van der Waals surface area contributed by atoms with Crippen LogP contribution in [-0.4, -0.2) is 29.2 Å². The summed E-state index contributed by atoms with van der Waals surface area (Å²) in [5, 5.41) is 14.1. The number of rotatable bonds is 6. The van der Waals surface area contributed by atoms with Gasteiger partial charge in [-0.25, -0.2) is 9.59 Å². The maximum absolute atomic E-state index is 11.5. The van der Waals surface area contributed by atoms with Crippen molar-refractivity contribution >= 4 is 12.0 Å². The molecule has 5 nitrogen and oxygen atoms in total. The first-order valence-corrected chi connectivity index (χ1v) is 5.84. The zero-order valence-corrected chi connectivity index (χ0v) is 9.82. The maximum Gasteiger partial charge on any atom is 0.326 e. The summed E-state index contributed by atoms with van der Waals surface area (Å²) in [5.74, 6) is -0.406. The Hall–Kier alpha value is -1.26. The predicted octanol–water partition coefficient (Wildman–Crippen LogP) is 1.34. The van der Waals surface area contributed by atoms with Crippen molar-refractivity contribution in [2.45, 2.75) is 51.6 Å². The topological polar surface area (TPSA) is 78.4 Å². The highest BCUT2D eigenvalue weighted by molar-refractivity contribution is 5.82. The first-order valence-electron chi connectivity index (χ1n) is 5.84. The van der Waals surface area contributed by atoms with Crippen LogP contribution in [0.2, 0.25) is 0 Å². The minimum atomic E-state index is -0.976. The average molecular weight is 228 g/mol. The molecule has 1 aliphatic carbocycles. The van der Waals surface area contributed by atoms with Gasteiger partial charge < -0.3 is 15.7 Å². The van der Waals surface area contributed by atoms with Gasteiger partial charge in [-0.15, -0.1) is 0 Å². The van der Waals surface area contributed by atoms with Gasteiger partial charge in [-0.2, -0.15) is 0 Å². The first kappa shape index (κ1) is 12.8. The van der Waals surface area contributed by atoms with Gasteiger partial charge in [-0.1, -0.05) is 13.3 Å². The van der Waals surface area contributed by atoms with E-state index >= 15 is 0 Å². The number of nitrogens with one attached hydrogen (secondary N) is 2. The van der Waals surface area contributed by atoms with Gasteiger partial charge in [0, 0.05) is 6.04 Å². The van der Waals surface area contributed by atoms with Crippen molar-refractivity contribution in [1.29, 1.82) is 0 Å². The third-order valence-electron chi connectivity index (χ3n) is 2.87. The molecular weight excluding hydrogens is 208 g/mol. The highest BCUT2D eigenvalue weighted by atomic mass is 16.4. The normalized spacial score (nSPS) is 18.6. The van der Waals surface area contributed by atoms with Crippen LogP contribution in [0.1, 0.15) is 39.5 Å². The lowest BCUT2D eigenvalue weighted by Gasteiger charge is -2.17. The molecule has 3 N–H and O–H groups in total. The Morgan fingerprint density at radius 2 is 2.00 bits per heavy atom. The number of carbonyl (C=O) groups excluding carboxylic acids is 1. The fourth-order valence-electron chi connectivity index (χ4n) is 1.67. The van der Waals surface area contributed by atoms with Crippen LogP contribution in [-0.2, 0) is 4.79 Å². The van der Waals surface area contributed by atoms with Crippen LogP contribution in [0, 0.1) is 5.92 Å². The molecular formula is C11H20N2O3. The lowest BCUT2D eigenvalue weighted by Crippen LogP contribution is -2.48. The molecule has 0 spiro atoms. The molecule has 0 heterocycles. The summed E-state index contributed by atoms with van der Waals surface area (Å²) < 4.78 is 0. The Morgan fingerprint density at radius 1 is 1.38 bits per heavy atom. The van der Waals surface area contributed by atoms with Crippen molar-refractivity contribution in [1.82, 2.24) is 10.6 Å². The number of urea groups is 1. The number of hydrogen-bond donors (Lipinski definition) is 3. The molecule has 2 atom stereocenters. The lowest BCUT2D eigenvalue weighted by atomic mass is 10.2. The van der Waals surface area contributed by atoms with Gasteiger partial charge in [0.15, 0.2) is 0 Å². The van der Waals surface area contributed by atoms with Crippen LogP contribution in [0.4, 0.5) is 4.79 Å². The fourth-order valence-corrected chi connectivity index (χ4v) is 1.67. The molecule has 0 radical (unpaired) electrons. The summed E-state index contributed by atoms with van der Waals surface area (Å²) in [7, 11) is 0. The van der Waals surface area contributed by atoms with Gasteiger partial charge in [0.25, 0.3) is 0 Å². The van der Waals surface area contributed by atoms with Gasteiger partial charge in [0.1, 0.15) is 6.04 Å². The van der Waals surface area contributed by atoms with Crippen molar-refractivity contribution in [2.75, 3.05) is 0 Å². The summed E-state index contributed by atoms with van der Waals surface area (Å²) >= 11 is 0. The van der Waals surface area contributed by atoms with Gasteiger partial charge in [-0.05, 0) is 32.1 Å². The molecule has 0 aliphatic heterocycles. The molecule has 0 aromatic heterocycles. The molecule has 0 bridgehead atoms. The van der Waals surface area contributed by atoms with E-state index in [-0.39, 0.29) is 12.1 Å². The Bertz CT molecular complexity index is 264. The van der Waals surface area contributed by atoms with Crippen molar-refractivity contribution in [3.63, 3.8) is 0 Å². The highest BCUT2D eigenvalue weighted by Gasteiger charge is 2.29. The Labute approximate surface area is 95.6 Å². The number of hydrogen-bond acceptors (Lipinski definition) is 2. The van der Waals surface area contributed by atoms with Crippen LogP contribution in [0.3, 0.4) is 0 Å². The molecule has 0 aromatic rings. The summed E-state index contributed by atoms with van der Waals surface area (Å²) in [6.45, 7) is 3.84. The second kappa shape index (κ2) is 5.72. The monoisotopic (exact) mass is 228 g/mol. The van der Waals surface area contributed by atoms with Crippen molar-refractivity contribution in [2.24, 2.45) is 5.92 Å². The van der Waals surface area contributed by atoms with E-state index in [1.807, 2.05) is 13.8 Å². The molecule has 0 saturated heterocycles. The number of carboxylic acids is 1. The quantitative estimate of drug-likeness (QED) is 0.642. The molecule has 1 unspecified atom stereocenters. The molecule has 92 valence electrons. The van der Waals surface area contributed by atoms with Crippen LogP contribution in [0.15, 0.2) is 0 Å². The number of aliphatic carboxylic acids is 1. The molecule has 16 heavy (non-hydrogen) atoms. The zero-order chi connectivity index (χ0) is 12.1. The second-order valence-electron chi connectivity index (χ2n) is 4.42. The Morgan fingerprint density at radius 3 is 2.44 bits per heavy atom. The van der Waals surface area contributed by atoms with E-state index in [0.717, 1.165) is 19.3 Å². The molecule has 5 heteroatoms. The maximum atomic E-state index is 11.5. The van der Waals surface area contributed by atoms with E-state index in [2.05, 4.69) is 10.6 Å². The SMILES string of the molecule is CCC[C@@H](NC(=O)NC(C)C1CC1)C(=O)O. The van der Waals surface area contributed by atoms with E-state index in [1.165, 1.54) is 0 Å². The molecule has 1 fully saturated rings.